The highest BCUT2D eigenvalue weighted by atomic mass is 14.3. The summed E-state index contributed by atoms with van der Waals surface area (Å²) in [5, 5.41) is 7.68. The second-order valence-corrected chi connectivity index (χ2v) is 11.2. The predicted octanol–water partition coefficient (Wildman–Crippen LogP) is 9.73. The summed E-state index contributed by atoms with van der Waals surface area (Å²) in [6, 6.07) is 42.8. The van der Waals surface area contributed by atoms with Gasteiger partial charge < -0.3 is 0 Å². The number of hydrogen-bond donors (Lipinski definition) is 0. The molecule has 0 heterocycles. The van der Waals surface area contributed by atoms with Gasteiger partial charge in [0.25, 0.3) is 0 Å². The quantitative estimate of drug-likeness (QED) is 0.156. The van der Waals surface area contributed by atoms with E-state index in [9.17, 15) is 0 Å². The second kappa shape index (κ2) is 10.2. The zero-order chi connectivity index (χ0) is 26.8. The predicted molar refractivity (Wildman–Crippen MR) is 167 cm³/mol. The normalized spacial score (nSPS) is 12.0. The Hall–Kier alpha value is -4.78. The molecule has 0 aliphatic heterocycles. The van der Waals surface area contributed by atoms with Crippen molar-refractivity contribution in [2.45, 2.75) is 26.7 Å². The highest BCUT2D eigenvalue weighted by Gasteiger charge is 2.25. The molecule has 0 amide bonds. The van der Waals surface area contributed by atoms with Gasteiger partial charge in [-0.05, 0) is 73.6 Å². The molecule has 6 aromatic rings. The summed E-state index contributed by atoms with van der Waals surface area (Å²) < 4.78 is 0. The molecule has 0 saturated carbocycles. The minimum atomic E-state index is -0.0437. The maximum Gasteiger partial charge on any atom is 0.0504 e. The molecule has 0 nitrogen and oxygen atoms in total. The number of benzene rings is 6. The molecule has 0 aromatic heterocycles. The molecule has 0 saturated heterocycles. The van der Waals surface area contributed by atoms with Crippen molar-refractivity contribution in [1.82, 2.24) is 0 Å². The van der Waals surface area contributed by atoms with Crippen molar-refractivity contribution < 1.29 is 0 Å². The highest BCUT2D eigenvalue weighted by Crippen LogP contribution is 2.38. The Labute approximate surface area is 231 Å². The lowest BCUT2D eigenvalue weighted by atomic mass is 9.76. The molecule has 6 rings (SSSR count). The van der Waals surface area contributed by atoms with Crippen molar-refractivity contribution in [3.63, 3.8) is 0 Å². The van der Waals surface area contributed by atoms with E-state index < -0.39 is 0 Å². The number of rotatable bonds is 1. The Morgan fingerprint density at radius 1 is 0.513 bits per heavy atom. The minimum absolute atomic E-state index is 0.0437. The Bertz CT molecular complexity index is 1940. The summed E-state index contributed by atoms with van der Waals surface area (Å²) in [5.41, 5.74) is 4.13. The molecule has 39 heavy (non-hydrogen) atoms. The van der Waals surface area contributed by atoms with Crippen LogP contribution in [0.4, 0.5) is 0 Å². The highest BCUT2D eigenvalue weighted by molar-refractivity contribution is 6.20. The van der Waals surface area contributed by atoms with Crippen molar-refractivity contribution in [2.24, 2.45) is 5.41 Å². The average molecular weight is 499 g/mol. The van der Waals surface area contributed by atoms with Crippen molar-refractivity contribution in [1.29, 1.82) is 0 Å². The van der Waals surface area contributed by atoms with Gasteiger partial charge in [0.05, 0.1) is 5.92 Å². The van der Waals surface area contributed by atoms with Gasteiger partial charge in [0, 0.05) is 16.7 Å². The molecule has 6 aromatic carbocycles. The van der Waals surface area contributed by atoms with Crippen LogP contribution in [0, 0.1) is 29.1 Å². The van der Waals surface area contributed by atoms with E-state index in [0.29, 0.717) is 0 Å². The number of hydrogen-bond acceptors (Lipinski definition) is 0. The fraction of sp³-hybridized carbons (Fsp3) is 0.128. The third kappa shape index (κ3) is 5.03. The van der Waals surface area contributed by atoms with E-state index >= 15 is 0 Å². The van der Waals surface area contributed by atoms with Crippen LogP contribution in [0.5, 0.6) is 0 Å². The molecule has 0 bridgehead atoms. The Kier molecular flexibility index (Phi) is 6.40. The molecule has 0 radical (unpaired) electrons. The first-order valence-electron chi connectivity index (χ1n) is 13.5. The van der Waals surface area contributed by atoms with Gasteiger partial charge in [0.1, 0.15) is 0 Å². The lowest BCUT2D eigenvalue weighted by Gasteiger charge is -2.27. The van der Waals surface area contributed by atoms with Crippen LogP contribution in [0.3, 0.4) is 0 Å². The minimum Gasteiger partial charge on any atom is -0.0891 e. The standard InChI is InChI=1S/C39H30/c1-39(2,3)37(26-25-30-14-8-7-13-29(30)18-17-28-11-5-4-6-12-28)34-24-21-32-20-23-33-22-19-31-15-9-10-16-35(31)38(33)36(32)27-34/h4-16,19-24,27,37H,1-3H3. The summed E-state index contributed by atoms with van der Waals surface area (Å²) in [5.74, 6) is 13.9. The van der Waals surface area contributed by atoms with Crippen LogP contribution in [0.25, 0.3) is 32.3 Å². The van der Waals surface area contributed by atoms with E-state index in [2.05, 4.69) is 123 Å². The van der Waals surface area contributed by atoms with Crippen molar-refractivity contribution in [3.05, 3.63) is 144 Å². The van der Waals surface area contributed by atoms with Gasteiger partial charge in [0.2, 0.25) is 0 Å². The summed E-state index contributed by atoms with van der Waals surface area (Å²) in [4.78, 5) is 0. The maximum atomic E-state index is 3.66. The summed E-state index contributed by atoms with van der Waals surface area (Å²) in [6.45, 7) is 6.82. The molecule has 0 N–H and O–H groups in total. The molecule has 0 fully saturated rings. The van der Waals surface area contributed by atoms with E-state index in [4.69, 9.17) is 0 Å². The van der Waals surface area contributed by atoms with Crippen molar-refractivity contribution in [3.8, 4) is 23.7 Å². The van der Waals surface area contributed by atoms with Gasteiger partial charge in [-0.25, -0.2) is 0 Å². The average Bonchev–Trinajstić information content (AvgIpc) is 2.96. The lowest BCUT2D eigenvalue weighted by Crippen LogP contribution is -2.17. The largest absolute Gasteiger partial charge is 0.0891 e. The molecular weight excluding hydrogens is 468 g/mol. The van der Waals surface area contributed by atoms with E-state index in [1.54, 1.807) is 0 Å². The second-order valence-electron chi connectivity index (χ2n) is 11.2. The SMILES string of the molecule is CC(C)(C)C(C#Cc1ccccc1C#Cc1ccccc1)c1ccc2ccc3ccc4ccccc4c3c2c1. The Balaban J connectivity index is 1.47. The molecule has 0 aliphatic carbocycles. The van der Waals surface area contributed by atoms with Crippen molar-refractivity contribution >= 4 is 32.3 Å². The van der Waals surface area contributed by atoms with Crippen LogP contribution in [0.15, 0.2) is 121 Å². The van der Waals surface area contributed by atoms with Gasteiger partial charge >= 0.3 is 0 Å². The van der Waals surface area contributed by atoms with Crippen LogP contribution in [0.2, 0.25) is 0 Å². The van der Waals surface area contributed by atoms with E-state index in [1.807, 2.05) is 42.5 Å². The smallest absolute Gasteiger partial charge is 0.0504 e. The van der Waals surface area contributed by atoms with Gasteiger partial charge in [-0.3, -0.25) is 0 Å². The third-order valence-corrected chi connectivity index (χ3v) is 7.34. The van der Waals surface area contributed by atoms with E-state index in [1.165, 1.54) is 37.9 Å². The van der Waals surface area contributed by atoms with Crippen molar-refractivity contribution in [2.75, 3.05) is 0 Å². The third-order valence-electron chi connectivity index (χ3n) is 7.34. The van der Waals surface area contributed by atoms with Gasteiger partial charge in [-0.15, -0.1) is 0 Å². The first kappa shape index (κ1) is 24.6. The zero-order valence-electron chi connectivity index (χ0n) is 22.6. The summed E-state index contributed by atoms with van der Waals surface area (Å²) in [7, 11) is 0. The van der Waals surface area contributed by atoms with Gasteiger partial charge in [-0.2, -0.15) is 0 Å². The molecule has 1 atom stereocenters. The molecular formula is C39H30. The monoisotopic (exact) mass is 498 g/mol. The number of fused-ring (bicyclic) bond motifs is 5. The van der Waals surface area contributed by atoms with Crippen LogP contribution in [-0.2, 0) is 0 Å². The van der Waals surface area contributed by atoms with Crippen LogP contribution < -0.4 is 0 Å². The fourth-order valence-corrected chi connectivity index (χ4v) is 5.33. The summed E-state index contributed by atoms with van der Waals surface area (Å²) >= 11 is 0. The van der Waals surface area contributed by atoms with Gasteiger partial charge in [0.15, 0.2) is 0 Å². The topological polar surface area (TPSA) is 0 Å². The maximum absolute atomic E-state index is 3.66. The molecule has 0 spiro atoms. The summed E-state index contributed by atoms with van der Waals surface area (Å²) in [6.07, 6.45) is 0. The zero-order valence-corrected chi connectivity index (χ0v) is 22.6. The molecule has 0 heteroatoms. The molecule has 186 valence electrons. The molecule has 1 unspecified atom stereocenters. The van der Waals surface area contributed by atoms with Crippen LogP contribution in [-0.4, -0.2) is 0 Å². The van der Waals surface area contributed by atoms with Crippen LogP contribution >= 0.6 is 0 Å². The Morgan fingerprint density at radius 2 is 1.10 bits per heavy atom. The lowest BCUT2D eigenvalue weighted by molar-refractivity contribution is 0.375. The fourth-order valence-electron chi connectivity index (χ4n) is 5.33. The first-order chi connectivity index (χ1) is 19.0. The van der Waals surface area contributed by atoms with E-state index in [-0.39, 0.29) is 11.3 Å². The molecule has 0 aliphatic rings. The van der Waals surface area contributed by atoms with Crippen LogP contribution in [0.1, 0.15) is 48.9 Å². The van der Waals surface area contributed by atoms with E-state index in [0.717, 1.165) is 16.7 Å². The Morgan fingerprint density at radius 3 is 1.85 bits per heavy atom. The van der Waals surface area contributed by atoms with Gasteiger partial charge in [-0.1, -0.05) is 135 Å². The first-order valence-corrected chi connectivity index (χ1v) is 13.5.